The minimum atomic E-state index is 0.380. The van der Waals surface area contributed by atoms with Crippen molar-refractivity contribution >= 4 is 0 Å². The topological polar surface area (TPSA) is 0 Å². The van der Waals surface area contributed by atoms with Crippen LogP contribution in [0.3, 0.4) is 0 Å². The second-order valence-corrected chi connectivity index (χ2v) is 49.9. The third-order valence-corrected chi connectivity index (χ3v) is 30.1. The molecule has 2 bridgehead atoms. The van der Waals surface area contributed by atoms with Gasteiger partial charge in [-0.05, 0) is 287 Å². The van der Waals surface area contributed by atoms with E-state index in [2.05, 4.69) is 310 Å². The van der Waals surface area contributed by atoms with E-state index in [-0.39, 0.29) is 0 Å². The highest BCUT2D eigenvalue weighted by atomic mass is 14.6. The minimum absolute atomic E-state index is 0.380. The summed E-state index contributed by atoms with van der Waals surface area (Å²) < 4.78 is 0. The first-order chi connectivity index (χ1) is 44.1. The van der Waals surface area contributed by atoms with Gasteiger partial charge in [0, 0.05) is 0 Å². The monoisotopic (exact) mass is 1380 g/mol. The molecule has 7 aliphatic carbocycles. The van der Waals surface area contributed by atoms with Gasteiger partial charge in [-0.1, -0.05) is 347 Å². The van der Waals surface area contributed by atoms with Gasteiger partial charge in [0.2, 0.25) is 0 Å². The number of fused-ring (bicyclic) bond motifs is 2. The minimum Gasteiger partial charge on any atom is -0.0999 e. The fraction of sp³-hybridized carbons (Fsp3) is 0.960. The van der Waals surface area contributed by atoms with Crippen LogP contribution in [-0.2, 0) is 0 Å². The smallest absolute Gasteiger partial charge is 0.0205 e. The molecule has 17 unspecified atom stereocenters. The molecule has 0 saturated heterocycles. The normalized spacial score (nSPS) is 33.6. The Hall–Kier alpha value is -0.520. The van der Waals surface area contributed by atoms with Crippen LogP contribution in [-0.4, -0.2) is 0 Å². The van der Waals surface area contributed by atoms with Gasteiger partial charge >= 0.3 is 0 Å². The molecule has 0 amide bonds. The maximum absolute atomic E-state index is 4.21. The highest BCUT2D eigenvalue weighted by Crippen LogP contribution is 2.64. The van der Waals surface area contributed by atoms with Crippen molar-refractivity contribution in [3.63, 3.8) is 0 Å². The lowest BCUT2D eigenvalue weighted by molar-refractivity contribution is -0.0787. The van der Waals surface area contributed by atoms with E-state index in [1.165, 1.54) is 153 Å². The molecule has 7 aliphatic rings. The van der Waals surface area contributed by atoms with Gasteiger partial charge in [-0.3, -0.25) is 0 Å². The van der Waals surface area contributed by atoms with Crippen LogP contribution in [0.4, 0.5) is 0 Å². The molecule has 17 atom stereocenters. The fourth-order valence-electron chi connectivity index (χ4n) is 23.3. The largest absolute Gasteiger partial charge is 0.0999 e. The zero-order valence-corrected chi connectivity index (χ0v) is 76.9. The van der Waals surface area contributed by atoms with E-state index in [1.807, 2.05) is 0 Å². The molecule has 0 spiro atoms. The Balaban J connectivity index is 0.000000404. The molecule has 0 aromatic heterocycles. The molecule has 99 heavy (non-hydrogen) atoms. The van der Waals surface area contributed by atoms with Gasteiger partial charge in [0.05, 0.1) is 0 Å². The SMILES string of the molecule is C=C(C)C1CCC(C)(C(C)(C)C)C(C(C)(C)C)C1.CC(C)(C)C1C2CCC(C2)C1C(C)(C)C.CC(C)(C)C1CCC=CCCC1C(C)(C)C.CC(C)(C)C1CCCCCCC1C(C)(C)C.CC(C)C1CCC(C)(C(C)(C)C)C(C(C)(C)C)C1.CCC1CCC(C(C)(C)C)C(C(C)(C)C)C1. The van der Waals surface area contributed by atoms with E-state index in [4.69, 9.17) is 0 Å². The zero-order chi connectivity index (χ0) is 77.5. The van der Waals surface area contributed by atoms with Gasteiger partial charge in [-0.2, -0.15) is 0 Å². The molecule has 0 aromatic rings. The molecule has 0 aliphatic heterocycles. The predicted molar refractivity (Wildman–Crippen MR) is 453 cm³/mol. The Morgan fingerprint density at radius 1 is 0.354 bits per heavy atom. The summed E-state index contributed by atoms with van der Waals surface area (Å²) in [6.07, 6.45) is 37.3. The zero-order valence-electron chi connectivity index (χ0n) is 76.9. The van der Waals surface area contributed by atoms with Crippen molar-refractivity contribution in [3.8, 4) is 0 Å². The van der Waals surface area contributed by atoms with Crippen LogP contribution in [0, 0.1) is 170 Å². The molecular formula is C99H192. The first kappa shape index (κ1) is 94.6. The lowest BCUT2D eigenvalue weighted by atomic mass is 9.48. The summed E-state index contributed by atoms with van der Waals surface area (Å²) in [5, 5.41) is 0. The van der Waals surface area contributed by atoms with Crippen LogP contribution >= 0.6 is 0 Å². The maximum atomic E-state index is 4.21. The number of hydrogen-bond acceptors (Lipinski definition) is 0. The summed E-state index contributed by atoms with van der Waals surface area (Å²) in [6, 6.07) is 0. The van der Waals surface area contributed by atoms with Crippen LogP contribution < -0.4 is 0 Å². The summed E-state index contributed by atoms with van der Waals surface area (Å²) >= 11 is 0. The van der Waals surface area contributed by atoms with E-state index < -0.39 is 0 Å². The van der Waals surface area contributed by atoms with Crippen molar-refractivity contribution < 1.29 is 0 Å². The van der Waals surface area contributed by atoms with Crippen molar-refractivity contribution in [2.24, 2.45) is 170 Å². The van der Waals surface area contributed by atoms with Gasteiger partial charge < -0.3 is 0 Å². The van der Waals surface area contributed by atoms with E-state index in [0.29, 0.717) is 75.8 Å². The number of allylic oxidation sites excluding steroid dienone is 3. The summed E-state index contributed by atoms with van der Waals surface area (Å²) in [7, 11) is 0. The summed E-state index contributed by atoms with van der Waals surface area (Å²) in [5.74, 6) is 14.5. The Bertz CT molecular complexity index is 2230. The third kappa shape index (κ3) is 27.6. The Morgan fingerprint density at radius 3 is 0.970 bits per heavy atom. The lowest BCUT2D eigenvalue weighted by Gasteiger charge is -2.57. The first-order valence-electron chi connectivity index (χ1n) is 43.4. The molecule has 0 radical (unpaired) electrons. The van der Waals surface area contributed by atoms with Gasteiger partial charge in [-0.25, -0.2) is 0 Å². The van der Waals surface area contributed by atoms with E-state index in [0.717, 1.165) is 94.7 Å². The van der Waals surface area contributed by atoms with Gasteiger partial charge in [0.25, 0.3) is 0 Å². The summed E-state index contributed by atoms with van der Waals surface area (Å²) in [6.45, 7) is 106. The fourth-order valence-corrected chi connectivity index (χ4v) is 23.3. The molecule has 588 valence electrons. The molecule has 6 saturated carbocycles. The van der Waals surface area contributed by atoms with Crippen LogP contribution in [0.1, 0.15) is 438 Å². The molecule has 0 heteroatoms. The van der Waals surface area contributed by atoms with Crippen molar-refractivity contribution in [3.05, 3.63) is 24.3 Å². The molecule has 0 nitrogen and oxygen atoms in total. The second-order valence-electron chi connectivity index (χ2n) is 49.9. The first-order valence-corrected chi connectivity index (χ1v) is 43.4. The third-order valence-electron chi connectivity index (χ3n) is 30.1. The van der Waals surface area contributed by atoms with E-state index in [9.17, 15) is 0 Å². The van der Waals surface area contributed by atoms with E-state index in [1.54, 1.807) is 0 Å². The average molecular weight is 1380 g/mol. The van der Waals surface area contributed by atoms with Crippen LogP contribution in [0.5, 0.6) is 0 Å². The Morgan fingerprint density at radius 2 is 0.677 bits per heavy atom. The molecule has 6 fully saturated rings. The quantitative estimate of drug-likeness (QED) is 0.247. The second kappa shape index (κ2) is 35.7. The van der Waals surface area contributed by atoms with Crippen LogP contribution in [0.15, 0.2) is 24.3 Å². The molecular weight excluding hydrogens is 1190 g/mol. The van der Waals surface area contributed by atoms with Gasteiger partial charge in [0.1, 0.15) is 0 Å². The Labute approximate surface area is 629 Å². The van der Waals surface area contributed by atoms with Gasteiger partial charge in [0.15, 0.2) is 0 Å². The summed E-state index contributed by atoms with van der Waals surface area (Å²) in [5.41, 5.74) is 7.76. The summed E-state index contributed by atoms with van der Waals surface area (Å²) in [4.78, 5) is 0. The highest BCUT2D eigenvalue weighted by Gasteiger charge is 2.56. The van der Waals surface area contributed by atoms with Crippen LogP contribution in [0.2, 0.25) is 0 Å². The Kier molecular flexibility index (Phi) is 34.1. The molecule has 7 rings (SSSR count). The standard InChI is InChI=1S/C18H36.C18H34.C16H32.C16H30.C16H32.C15H28/c2*1-13(2)14-10-11-18(9,17(6,7)8)15(12-14)16(3,4)5;2*1-15(2,3)13-11-9-7-8-10-12-14(13)16(4,5)6;1-8-12-9-10-13(15(2,3)4)14(11-12)16(5,6)7;1-14(2,3)12-10-7-8-11(9-10)13(12)15(4,5)6/h13-15H,10-12H2,1-9H3;14-15H,1,10-12H2,2-9H3;13-14H,7-12H2,1-6H3;7-8,13-14H,9-12H2,1-6H3;12-14H,8-11H2,1-7H3;10-13H,7-9H2,1-6H3. The van der Waals surface area contributed by atoms with Gasteiger partial charge in [-0.15, -0.1) is 0 Å². The lowest BCUT2D eigenvalue weighted by Crippen LogP contribution is -2.49. The number of rotatable bonds is 3. The molecule has 0 heterocycles. The average Bonchev–Trinajstić information content (AvgIpc) is 1.72. The maximum Gasteiger partial charge on any atom is -0.0205 e. The van der Waals surface area contributed by atoms with Crippen molar-refractivity contribution in [1.29, 1.82) is 0 Å². The van der Waals surface area contributed by atoms with Crippen molar-refractivity contribution in [2.45, 2.75) is 438 Å². The van der Waals surface area contributed by atoms with E-state index >= 15 is 0 Å². The number of hydrogen-bond donors (Lipinski definition) is 0. The molecule has 0 N–H and O–H groups in total. The van der Waals surface area contributed by atoms with Crippen LogP contribution in [0.25, 0.3) is 0 Å². The molecule has 0 aromatic carbocycles. The van der Waals surface area contributed by atoms with Crippen molar-refractivity contribution in [2.75, 3.05) is 0 Å². The van der Waals surface area contributed by atoms with Crippen molar-refractivity contribution in [1.82, 2.24) is 0 Å². The predicted octanol–water partition coefficient (Wildman–Crippen LogP) is 33.6. The highest BCUT2D eigenvalue weighted by molar-refractivity contribution is 5.08.